The Labute approximate surface area is 170 Å². The number of nitrogens with zero attached hydrogens (tertiary/aromatic N) is 3. The topological polar surface area (TPSA) is 69.9 Å². The Morgan fingerprint density at radius 2 is 1.52 bits per heavy atom. The number of rotatable bonds is 6. The van der Waals surface area contributed by atoms with Gasteiger partial charge < -0.3 is 10.4 Å². The van der Waals surface area contributed by atoms with Gasteiger partial charge in [-0.1, -0.05) is 36.4 Å². The van der Waals surface area contributed by atoms with E-state index in [0.29, 0.717) is 6.54 Å². The molecule has 0 atom stereocenters. The van der Waals surface area contributed by atoms with Gasteiger partial charge in [0.25, 0.3) is 0 Å². The number of phenols is 1. The summed E-state index contributed by atoms with van der Waals surface area (Å²) >= 11 is 0. The van der Waals surface area contributed by atoms with E-state index in [0.717, 1.165) is 59.7 Å². The molecule has 0 saturated heterocycles. The molecule has 5 heteroatoms. The van der Waals surface area contributed by atoms with Crippen LogP contribution in [0, 0.1) is 0 Å². The number of aliphatic imine (C=N–C) groups is 2. The van der Waals surface area contributed by atoms with Crippen LogP contribution < -0.4 is 5.32 Å². The fourth-order valence-electron chi connectivity index (χ4n) is 3.39. The Morgan fingerprint density at radius 1 is 0.862 bits per heavy atom. The van der Waals surface area contributed by atoms with Gasteiger partial charge >= 0.3 is 0 Å². The molecule has 0 amide bonds. The molecular formula is C24H24N4O. The number of aromatic nitrogens is 1. The van der Waals surface area contributed by atoms with E-state index in [1.807, 2.05) is 24.3 Å². The second kappa shape index (κ2) is 9.15. The highest BCUT2D eigenvalue weighted by Crippen LogP contribution is 2.23. The smallest absolute Gasteiger partial charge is 0.115 e. The van der Waals surface area contributed by atoms with Crippen LogP contribution in [0.1, 0.15) is 18.4 Å². The lowest BCUT2D eigenvalue weighted by Gasteiger charge is -2.16. The first kappa shape index (κ1) is 18.9. The van der Waals surface area contributed by atoms with E-state index in [-0.39, 0.29) is 5.75 Å². The van der Waals surface area contributed by atoms with Crippen molar-refractivity contribution < 1.29 is 5.11 Å². The molecule has 0 spiro atoms. The fraction of sp³-hybridized carbons (Fsp3) is 0.208. The number of nitrogens with one attached hydrogen (secondary N) is 1. The van der Waals surface area contributed by atoms with Crippen LogP contribution >= 0.6 is 0 Å². The molecule has 29 heavy (non-hydrogen) atoms. The van der Waals surface area contributed by atoms with Gasteiger partial charge in [0.1, 0.15) is 5.75 Å². The summed E-state index contributed by atoms with van der Waals surface area (Å²) in [6.45, 7) is 2.34. The van der Waals surface area contributed by atoms with E-state index < -0.39 is 0 Å². The van der Waals surface area contributed by atoms with Gasteiger partial charge in [0.15, 0.2) is 0 Å². The molecular weight excluding hydrogens is 360 g/mol. The van der Waals surface area contributed by atoms with Crippen LogP contribution in [0.2, 0.25) is 0 Å². The maximum absolute atomic E-state index is 9.46. The minimum absolute atomic E-state index is 0.279. The number of benzene rings is 2. The highest BCUT2D eigenvalue weighted by Gasteiger charge is 2.15. The van der Waals surface area contributed by atoms with Crippen molar-refractivity contribution in [2.45, 2.75) is 12.8 Å². The molecule has 3 aromatic rings. The third kappa shape index (κ3) is 4.88. The van der Waals surface area contributed by atoms with Crippen molar-refractivity contribution in [1.29, 1.82) is 0 Å². The van der Waals surface area contributed by atoms with Gasteiger partial charge in [-0.05, 0) is 48.2 Å². The number of pyridine rings is 1. The number of hydrogen-bond acceptors (Lipinski definition) is 5. The Morgan fingerprint density at radius 3 is 2.24 bits per heavy atom. The van der Waals surface area contributed by atoms with Crippen LogP contribution in [0.4, 0.5) is 5.69 Å². The average Bonchev–Trinajstić information content (AvgIpc) is 2.78. The predicted molar refractivity (Wildman–Crippen MR) is 119 cm³/mol. The largest absolute Gasteiger partial charge is 0.508 e. The third-order valence-corrected chi connectivity index (χ3v) is 4.90. The van der Waals surface area contributed by atoms with E-state index in [2.05, 4.69) is 34.6 Å². The molecule has 1 aromatic heterocycles. The maximum Gasteiger partial charge on any atom is 0.115 e. The molecule has 0 bridgehead atoms. The summed E-state index contributed by atoms with van der Waals surface area (Å²) in [6, 6.07) is 19.6. The molecule has 5 nitrogen and oxygen atoms in total. The summed E-state index contributed by atoms with van der Waals surface area (Å²) < 4.78 is 0. The van der Waals surface area contributed by atoms with Gasteiger partial charge in [-0.25, -0.2) is 0 Å². The molecule has 0 saturated carbocycles. The first-order valence-electron chi connectivity index (χ1n) is 9.91. The SMILES string of the molecule is Oc1ccc(-c2ccc(C3=NCCCC3=NCCNc3ccncc3)cc2)cc1. The normalized spacial score (nSPS) is 15.2. The van der Waals surface area contributed by atoms with E-state index in [4.69, 9.17) is 9.98 Å². The van der Waals surface area contributed by atoms with Crippen molar-refractivity contribution in [3.63, 3.8) is 0 Å². The highest BCUT2D eigenvalue weighted by molar-refractivity contribution is 6.48. The molecule has 1 aliphatic rings. The summed E-state index contributed by atoms with van der Waals surface area (Å²) in [7, 11) is 0. The molecule has 0 aliphatic carbocycles. The average molecular weight is 384 g/mol. The molecule has 4 rings (SSSR count). The molecule has 0 unspecified atom stereocenters. The van der Waals surface area contributed by atoms with Crippen LogP contribution in [-0.2, 0) is 0 Å². The zero-order chi connectivity index (χ0) is 19.9. The van der Waals surface area contributed by atoms with E-state index in [1.54, 1.807) is 24.5 Å². The lowest BCUT2D eigenvalue weighted by atomic mass is 9.97. The number of anilines is 1. The molecule has 1 aliphatic heterocycles. The monoisotopic (exact) mass is 384 g/mol. The van der Waals surface area contributed by atoms with Crippen LogP contribution in [0.25, 0.3) is 11.1 Å². The summed E-state index contributed by atoms with van der Waals surface area (Å²) in [6.07, 6.45) is 5.57. The van der Waals surface area contributed by atoms with Crippen LogP contribution in [0.3, 0.4) is 0 Å². The minimum atomic E-state index is 0.279. The Bertz CT molecular complexity index is 993. The standard InChI is InChI=1S/C24H24N4O/c29-22-9-7-19(8-10-22)18-3-5-20(6-4-18)24-23(2-1-13-28-24)27-17-16-26-21-11-14-25-15-12-21/h3-12,14-15,29H,1-2,13,16-17H2,(H,25,26). The van der Waals surface area contributed by atoms with Crippen LogP contribution in [0.15, 0.2) is 83.0 Å². The van der Waals surface area contributed by atoms with Gasteiger partial charge in [-0.2, -0.15) is 0 Å². The van der Waals surface area contributed by atoms with Crippen molar-refractivity contribution >= 4 is 17.1 Å². The fourth-order valence-corrected chi connectivity index (χ4v) is 3.39. The molecule has 0 fully saturated rings. The molecule has 2 aromatic carbocycles. The Balaban J connectivity index is 1.44. The quantitative estimate of drug-likeness (QED) is 0.611. The third-order valence-electron chi connectivity index (χ3n) is 4.90. The lowest BCUT2D eigenvalue weighted by molar-refractivity contribution is 0.475. The first-order valence-corrected chi connectivity index (χ1v) is 9.91. The maximum atomic E-state index is 9.46. The van der Waals surface area contributed by atoms with Crippen molar-refractivity contribution in [1.82, 2.24) is 4.98 Å². The summed E-state index contributed by atoms with van der Waals surface area (Å²) in [4.78, 5) is 13.6. The second-order valence-corrected chi connectivity index (χ2v) is 6.95. The van der Waals surface area contributed by atoms with Gasteiger partial charge in [0, 0.05) is 36.7 Å². The van der Waals surface area contributed by atoms with E-state index in [9.17, 15) is 5.11 Å². The number of hydrogen-bond donors (Lipinski definition) is 2. The Hall–Kier alpha value is -3.47. The van der Waals surface area contributed by atoms with Crippen molar-refractivity contribution in [3.05, 3.63) is 78.6 Å². The highest BCUT2D eigenvalue weighted by atomic mass is 16.3. The number of aromatic hydroxyl groups is 1. The van der Waals surface area contributed by atoms with Crippen molar-refractivity contribution in [3.8, 4) is 16.9 Å². The van der Waals surface area contributed by atoms with Crippen molar-refractivity contribution in [2.75, 3.05) is 25.0 Å². The van der Waals surface area contributed by atoms with E-state index >= 15 is 0 Å². The Kier molecular flexibility index (Phi) is 5.95. The van der Waals surface area contributed by atoms with Crippen LogP contribution in [-0.4, -0.2) is 41.1 Å². The first-order chi connectivity index (χ1) is 14.3. The van der Waals surface area contributed by atoms with E-state index in [1.165, 1.54) is 0 Å². The molecule has 146 valence electrons. The molecule has 2 heterocycles. The zero-order valence-electron chi connectivity index (χ0n) is 16.3. The van der Waals surface area contributed by atoms with Gasteiger partial charge in [-0.3, -0.25) is 15.0 Å². The predicted octanol–water partition coefficient (Wildman–Crippen LogP) is 4.59. The summed E-state index contributed by atoms with van der Waals surface area (Å²) in [5.74, 6) is 0.279. The van der Waals surface area contributed by atoms with Crippen molar-refractivity contribution in [2.24, 2.45) is 9.98 Å². The zero-order valence-corrected chi connectivity index (χ0v) is 16.3. The van der Waals surface area contributed by atoms with Gasteiger partial charge in [-0.15, -0.1) is 0 Å². The van der Waals surface area contributed by atoms with Gasteiger partial charge in [0.2, 0.25) is 0 Å². The number of phenolic OH excluding ortho intramolecular Hbond substituents is 1. The minimum Gasteiger partial charge on any atom is -0.508 e. The van der Waals surface area contributed by atoms with Crippen LogP contribution in [0.5, 0.6) is 5.75 Å². The molecule has 2 N–H and O–H groups in total. The summed E-state index contributed by atoms with van der Waals surface area (Å²) in [5, 5.41) is 12.8. The molecule has 0 radical (unpaired) electrons. The lowest BCUT2D eigenvalue weighted by Crippen LogP contribution is -2.22. The van der Waals surface area contributed by atoms with Gasteiger partial charge in [0.05, 0.1) is 18.0 Å². The second-order valence-electron chi connectivity index (χ2n) is 6.95. The summed E-state index contributed by atoms with van der Waals surface area (Å²) in [5.41, 5.74) is 6.46.